The van der Waals surface area contributed by atoms with Gasteiger partial charge in [0.25, 0.3) is 15.9 Å². The van der Waals surface area contributed by atoms with Gasteiger partial charge in [-0.05, 0) is 37.3 Å². The zero-order chi connectivity index (χ0) is 21.0. The summed E-state index contributed by atoms with van der Waals surface area (Å²) in [5.74, 6) is -1.04. The first-order valence-corrected chi connectivity index (χ1v) is 10.8. The number of nitrogens with one attached hydrogen (secondary N) is 2. The van der Waals surface area contributed by atoms with Crippen LogP contribution in [0.4, 0.5) is 10.8 Å². The minimum absolute atomic E-state index is 0.0230. The lowest BCUT2D eigenvalue weighted by Crippen LogP contribution is -2.16. The van der Waals surface area contributed by atoms with Crippen molar-refractivity contribution in [2.45, 2.75) is 18.2 Å². The fourth-order valence-corrected chi connectivity index (χ4v) is 4.24. The Labute approximate surface area is 171 Å². The maximum absolute atomic E-state index is 12.6. The van der Waals surface area contributed by atoms with Crippen LogP contribution in [0, 0.1) is 6.92 Å². The number of rotatable bonds is 7. The highest BCUT2D eigenvalue weighted by Gasteiger charge is 2.17. The second-order valence-electron chi connectivity index (χ2n) is 6.24. The number of carbonyl (C=O) groups is 2. The molecule has 0 unspecified atom stereocenters. The molecule has 10 heteroatoms. The first-order chi connectivity index (χ1) is 13.7. The molecule has 3 aromatic rings. The monoisotopic (exact) mass is 430 g/mol. The Morgan fingerprint density at radius 2 is 1.86 bits per heavy atom. The second kappa shape index (κ2) is 8.41. The predicted molar refractivity (Wildman–Crippen MR) is 111 cm³/mol. The quantitative estimate of drug-likeness (QED) is 0.530. The molecule has 0 aliphatic heterocycles. The molecule has 0 spiro atoms. The van der Waals surface area contributed by atoms with E-state index in [1.54, 1.807) is 29.6 Å². The number of nitrogens with zero attached hydrogens (tertiary/aromatic N) is 1. The molecule has 2 amide bonds. The number of thiazole rings is 1. The van der Waals surface area contributed by atoms with E-state index in [2.05, 4.69) is 15.0 Å². The topological polar surface area (TPSA) is 131 Å². The van der Waals surface area contributed by atoms with Crippen LogP contribution in [0.15, 0.2) is 58.8 Å². The van der Waals surface area contributed by atoms with Crippen molar-refractivity contribution in [3.63, 3.8) is 0 Å². The highest BCUT2D eigenvalue weighted by atomic mass is 32.2. The van der Waals surface area contributed by atoms with E-state index >= 15 is 0 Å². The molecule has 2 aromatic carbocycles. The van der Waals surface area contributed by atoms with E-state index in [1.165, 1.54) is 24.3 Å². The summed E-state index contributed by atoms with van der Waals surface area (Å²) in [6, 6.07) is 12.6. The lowest BCUT2D eigenvalue weighted by atomic mass is 10.2. The van der Waals surface area contributed by atoms with Gasteiger partial charge in [0.15, 0.2) is 5.13 Å². The lowest BCUT2D eigenvalue weighted by molar-refractivity contribution is -0.117. The van der Waals surface area contributed by atoms with Gasteiger partial charge >= 0.3 is 0 Å². The number of hydrogen-bond acceptors (Lipinski definition) is 6. The van der Waals surface area contributed by atoms with E-state index < -0.39 is 21.8 Å². The number of benzene rings is 2. The number of sulfonamides is 1. The predicted octanol–water partition coefficient (Wildman–Crippen LogP) is 2.53. The van der Waals surface area contributed by atoms with E-state index in [-0.39, 0.29) is 22.0 Å². The van der Waals surface area contributed by atoms with Crippen molar-refractivity contribution >= 4 is 44.0 Å². The smallest absolute Gasteiger partial charge is 0.261 e. The summed E-state index contributed by atoms with van der Waals surface area (Å²) in [4.78, 5) is 27.5. The minimum Gasteiger partial charge on any atom is -0.369 e. The van der Waals surface area contributed by atoms with E-state index in [1.807, 2.05) is 6.92 Å². The third-order valence-corrected chi connectivity index (χ3v) is 6.02. The highest BCUT2D eigenvalue weighted by Crippen LogP contribution is 2.20. The molecule has 0 fully saturated rings. The Hall–Kier alpha value is -3.24. The van der Waals surface area contributed by atoms with Crippen LogP contribution >= 0.6 is 11.3 Å². The maximum atomic E-state index is 12.6. The van der Waals surface area contributed by atoms with Crippen molar-refractivity contribution in [1.82, 2.24) is 4.98 Å². The van der Waals surface area contributed by atoms with Crippen molar-refractivity contribution in [2.75, 3.05) is 10.0 Å². The number of aromatic nitrogens is 1. The number of hydrogen-bond donors (Lipinski definition) is 3. The van der Waals surface area contributed by atoms with E-state index in [0.29, 0.717) is 11.4 Å². The summed E-state index contributed by atoms with van der Waals surface area (Å²) in [7, 11) is -3.86. The van der Waals surface area contributed by atoms with Crippen LogP contribution in [0.1, 0.15) is 21.6 Å². The zero-order valence-corrected chi connectivity index (χ0v) is 17.0. The number of anilines is 2. The molecule has 4 N–H and O–H groups in total. The van der Waals surface area contributed by atoms with E-state index in [0.717, 1.165) is 16.9 Å². The van der Waals surface area contributed by atoms with Gasteiger partial charge in [0.1, 0.15) is 0 Å². The van der Waals surface area contributed by atoms with Gasteiger partial charge in [-0.25, -0.2) is 13.4 Å². The molecular weight excluding hydrogens is 412 g/mol. The van der Waals surface area contributed by atoms with Crippen molar-refractivity contribution in [3.8, 4) is 0 Å². The molecule has 0 bridgehead atoms. The normalized spacial score (nSPS) is 11.1. The van der Waals surface area contributed by atoms with Crippen LogP contribution in [0.25, 0.3) is 0 Å². The first kappa shape index (κ1) is 20.5. The van der Waals surface area contributed by atoms with Gasteiger partial charge < -0.3 is 5.73 Å². The largest absolute Gasteiger partial charge is 0.369 e. The molecule has 0 aliphatic rings. The van der Waals surface area contributed by atoms with Crippen LogP contribution in [-0.4, -0.2) is 25.2 Å². The Balaban J connectivity index is 1.75. The molecule has 0 radical (unpaired) electrons. The average molecular weight is 431 g/mol. The standard InChI is InChI=1S/C19H18N4O4S2/c1-12-5-7-14(8-6-12)23-29(26,27)16-4-2-3-13(9-16)18(25)22-19-21-15(11-28-19)10-17(20)24/h2-9,11,23H,10H2,1H3,(H2,20,24)(H,21,22,25). The zero-order valence-electron chi connectivity index (χ0n) is 15.4. The van der Waals surface area contributed by atoms with Gasteiger partial charge in [-0.15, -0.1) is 11.3 Å². The summed E-state index contributed by atoms with van der Waals surface area (Å²) in [6.45, 7) is 1.90. The molecule has 0 aliphatic carbocycles. The second-order valence-corrected chi connectivity index (χ2v) is 8.78. The molecule has 0 saturated heterocycles. The Morgan fingerprint density at radius 1 is 1.14 bits per heavy atom. The molecule has 8 nitrogen and oxygen atoms in total. The fraction of sp³-hybridized carbons (Fsp3) is 0.105. The van der Waals surface area contributed by atoms with Crippen molar-refractivity contribution in [2.24, 2.45) is 5.73 Å². The van der Waals surface area contributed by atoms with Crippen molar-refractivity contribution in [1.29, 1.82) is 0 Å². The minimum atomic E-state index is -3.86. The molecular formula is C19H18N4O4S2. The molecule has 150 valence electrons. The SMILES string of the molecule is Cc1ccc(NS(=O)(=O)c2cccc(C(=O)Nc3nc(CC(N)=O)cs3)c2)cc1. The van der Waals surface area contributed by atoms with Crippen LogP contribution < -0.4 is 15.8 Å². The summed E-state index contributed by atoms with van der Waals surface area (Å²) >= 11 is 1.15. The van der Waals surface area contributed by atoms with E-state index in [4.69, 9.17) is 5.73 Å². The van der Waals surface area contributed by atoms with Crippen LogP contribution in [0.2, 0.25) is 0 Å². The Bertz CT molecular complexity index is 1150. The number of carbonyl (C=O) groups excluding carboxylic acids is 2. The van der Waals surface area contributed by atoms with Crippen LogP contribution in [0.5, 0.6) is 0 Å². The average Bonchev–Trinajstić information content (AvgIpc) is 3.09. The number of nitrogens with two attached hydrogens (primary N) is 1. The fourth-order valence-electron chi connectivity index (χ4n) is 2.43. The molecule has 0 atom stereocenters. The van der Waals surface area contributed by atoms with Crippen LogP contribution in [-0.2, 0) is 21.2 Å². The van der Waals surface area contributed by atoms with Gasteiger partial charge in [0, 0.05) is 16.6 Å². The number of aryl methyl sites for hydroxylation is 1. The lowest BCUT2D eigenvalue weighted by Gasteiger charge is -2.09. The third-order valence-electron chi connectivity index (χ3n) is 3.84. The highest BCUT2D eigenvalue weighted by molar-refractivity contribution is 7.92. The molecule has 1 aromatic heterocycles. The Kier molecular flexibility index (Phi) is 5.95. The van der Waals surface area contributed by atoms with E-state index in [9.17, 15) is 18.0 Å². The molecule has 3 rings (SSSR count). The van der Waals surface area contributed by atoms with Gasteiger partial charge in [-0.1, -0.05) is 23.8 Å². The van der Waals surface area contributed by atoms with Crippen LogP contribution in [0.3, 0.4) is 0 Å². The molecule has 29 heavy (non-hydrogen) atoms. The van der Waals surface area contributed by atoms with Crippen molar-refractivity contribution < 1.29 is 18.0 Å². The summed E-state index contributed by atoms with van der Waals surface area (Å²) < 4.78 is 27.7. The van der Waals surface area contributed by atoms with Gasteiger partial charge in [-0.2, -0.15) is 0 Å². The van der Waals surface area contributed by atoms with Gasteiger partial charge in [-0.3, -0.25) is 19.6 Å². The van der Waals surface area contributed by atoms with Gasteiger partial charge in [0.05, 0.1) is 17.0 Å². The van der Waals surface area contributed by atoms with Crippen molar-refractivity contribution in [3.05, 3.63) is 70.7 Å². The summed E-state index contributed by atoms with van der Waals surface area (Å²) in [5, 5.41) is 4.49. The Morgan fingerprint density at radius 3 is 2.55 bits per heavy atom. The first-order valence-electron chi connectivity index (χ1n) is 8.46. The third kappa shape index (κ3) is 5.39. The maximum Gasteiger partial charge on any atom is 0.261 e. The van der Waals surface area contributed by atoms with Gasteiger partial charge in [0.2, 0.25) is 5.91 Å². The summed E-state index contributed by atoms with van der Waals surface area (Å²) in [5.41, 5.74) is 7.17. The molecule has 0 saturated carbocycles. The summed E-state index contributed by atoms with van der Waals surface area (Å²) in [6.07, 6.45) is -0.0230. The molecule has 1 heterocycles. The number of amides is 2. The number of primary amides is 1.